The van der Waals surface area contributed by atoms with E-state index in [-0.39, 0.29) is 6.04 Å². The number of rotatable bonds is 2. The number of carbonyl (C=O) groups is 1. The molecule has 0 radical (unpaired) electrons. The van der Waals surface area contributed by atoms with E-state index in [0.717, 1.165) is 32.0 Å². The molecule has 0 aromatic heterocycles. The van der Waals surface area contributed by atoms with Crippen molar-refractivity contribution in [1.82, 2.24) is 10.2 Å². The minimum absolute atomic E-state index is 0.0747. The van der Waals surface area contributed by atoms with Gasteiger partial charge in [-0.1, -0.05) is 19.3 Å². The third kappa shape index (κ3) is 2.34. The van der Waals surface area contributed by atoms with E-state index in [4.69, 9.17) is 0 Å². The molecule has 1 heterocycles. The van der Waals surface area contributed by atoms with Crippen molar-refractivity contribution in [3.8, 4) is 0 Å². The largest absolute Gasteiger partial charge is 0.305 e. The lowest BCUT2D eigenvalue weighted by Gasteiger charge is -2.39. The molecule has 1 saturated carbocycles. The van der Waals surface area contributed by atoms with Gasteiger partial charge in [-0.2, -0.15) is 0 Å². The fraction of sp³-hybridized carbons (Fsp3) is 0.909. The van der Waals surface area contributed by atoms with E-state index in [1.165, 1.54) is 32.1 Å². The molecule has 80 valence electrons. The lowest BCUT2D eigenvalue weighted by atomic mass is 9.93. The first-order chi connectivity index (χ1) is 6.90. The van der Waals surface area contributed by atoms with E-state index < -0.39 is 0 Å². The molecule has 1 aliphatic heterocycles. The van der Waals surface area contributed by atoms with Crippen molar-refractivity contribution in [2.75, 3.05) is 19.6 Å². The second-order valence-electron chi connectivity index (χ2n) is 4.48. The monoisotopic (exact) mass is 196 g/mol. The molecule has 0 aromatic rings. The van der Waals surface area contributed by atoms with Gasteiger partial charge in [0.1, 0.15) is 6.29 Å². The maximum absolute atomic E-state index is 10.7. The van der Waals surface area contributed by atoms with E-state index in [1.807, 2.05) is 0 Å². The predicted octanol–water partition coefficient (Wildman–Crippen LogP) is 0.792. The zero-order valence-electron chi connectivity index (χ0n) is 8.74. The Hall–Kier alpha value is -0.410. The topological polar surface area (TPSA) is 32.3 Å². The Balaban J connectivity index is 1.86. The van der Waals surface area contributed by atoms with E-state index in [9.17, 15) is 4.79 Å². The van der Waals surface area contributed by atoms with Gasteiger partial charge in [0.25, 0.3) is 0 Å². The van der Waals surface area contributed by atoms with Crippen molar-refractivity contribution >= 4 is 6.29 Å². The Kier molecular flexibility index (Phi) is 3.54. The summed E-state index contributed by atoms with van der Waals surface area (Å²) in [6.07, 6.45) is 7.88. The minimum atomic E-state index is 0.0747. The highest BCUT2D eigenvalue weighted by atomic mass is 16.1. The van der Waals surface area contributed by atoms with Crippen LogP contribution in [0, 0.1) is 0 Å². The van der Waals surface area contributed by atoms with Gasteiger partial charge in [-0.25, -0.2) is 0 Å². The SMILES string of the molecule is O=CC1CN(C2CCCCC2)CCN1. The summed E-state index contributed by atoms with van der Waals surface area (Å²) < 4.78 is 0. The van der Waals surface area contributed by atoms with Crippen molar-refractivity contribution < 1.29 is 4.79 Å². The van der Waals surface area contributed by atoms with Crippen LogP contribution in [0.2, 0.25) is 0 Å². The molecule has 0 bridgehead atoms. The van der Waals surface area contributed by atoms with Crippen LogP contribution in [0.25, 0.3) is 0 Å². The summed E-state index contributed by atoms with van der Waals surface area (Å²) in [4.78, 5) is 13.2. The Morgan fingerprint density at radius 2 is 2.00 bits per heavy atom. The molecule has 2 rings (SSSR count). The molecule has 1 atom stereocenters. The summed E-state index contributed by atoms with van der Waals surface area (Å²) in [5, 5.41) is 3.23. The van der Waals surface area contributed by atoms with Crippen molar-refractivity contribution in [2.45, 2.75) is 44.2 Å². The van der Waals surface area contributed by atoms with Crippen LogP contribution < -0.4 is 5.32 Å². The summed E-state index contributed by atoms with van der Waals surface area (Å²) >= 11 is 0. The van der Waals surface area contributed by atoms with E-state index in [2.05, 4.69) is 10.2 Å². The maximum Gasteiger partial charge on any atom is 0.138 e. The second kappa shape index (κ2) is 4.89. The standard InChI is InChI=1S/C11H20N2O/c14-9-10-8-13(7-6-12-10)11-4-2-1-3-5-11/h9-12H,1-8H2. The Labute approximate surface area is 85.8 Å². The number of nitrogens with one attached hydrogen (secondary N) is 1. The first kappa shape index (κ1) is 10.1. The normalized spacial score (nSPS) is 31.6. The molecular formula is C11H20N2O. The molecule has 1 aliphatic carbocycles. The smallest absolute Gasteiger partial charge is 0.138 e. The molecule has 3 nitrogen and oxygen atoms in total. The zero-order chi connectivity index (χ0) is 9.80. The van der Waals surface area contributed by atoms with Gasteiger partial charge in [0.15, 0.2) is 0 Å². The number of aldehydes is 1. The van der Waals surface area contributed by atoms with Gasteiger partial charge in [-0.15, -0.1) is 0 Å². The summed E-state index contributed by atoms with van der Waals surface area (Å²) in [6, 6.07) is 0.832. The van der Waals surface area contributed by atoms with Crippen LogP contribution in [0.1, 0.15) is 32.1 Å². The third-order valence-corrected chi connectivity index (χ3v) is 3.49. The maximum atomic E-state index is 10.7. The summed E-state index contributed by atoms with van der Waals surface area (Å²) in [7, 11) is 0. The average Bonchev–Trinajstić information content (AvgIpc) is 2.30. The lowest BCUT2D eigenvalue weighted by Crippen LogP contribution is -2.54. The van der Waals surface area contributed by atoms with Gasteiger partial charge >= 0.3 is 0 Å². The van der Waals surface area contributed by atoms with Crippen molar-refractivity contribution in [2.24, 2.45) is 0 Å². The van der Waals surface area contributed by atoms with Crippen LogP contribution in [0.15, 0.2) is 0 Å². The Morgan fingerprint density at radius 1 is 1.21 bits per heavy atom. The number of hydrogen-bond acceptors (Lipinski definition) is 3. The summed E-state index contributed by atoms with van der Waals surface area (Å²) in [6.45, 7) is 3.02. The van der Waals surface area contributed by atoms with Crippen molar-refractivity contribution in [1.29, 1.82) is 0 Å². The van der Waals surface area contributed by atoms with Crippen LogP contribution >= 0.6 is 0 Å². The second-order valence-corrected chi connectivity index (χ2v) is 4.48. The van der Waals surface area contributed by atoms with Gasteiger partial charge in [0.05, 0.1) is 6.04 Å². The Bertz CT molecular complexity index is 190. The highest BCUT2D eigenvalue weighted by Crippen LogP contribution is 2.23. The zero-order valence-corrected chi connectivity index (χ0v) is 8.74. The van der Waals surface area contributed by atoms with Crippen molar-refractivity contribution in [3.63, 3.8) is 0 Å². The van der Waals surface area contributed by atoms with Gasteiger partial charge in [0, 0.05) is 25.7 Å². The molecule has 2 fully saturated rings. The fourth-order valence-electron chi connectivity index (χ4n) is 2.67. The van der Waals surface area contributed by atoms with Crippen LogP contribution in [0.4, 0.5) is 0 Å². The quantitative estimate of drug-likeness (QED) is 0.663. The molecule has 0 spiro atoms. The molecule has 14 heavy (non-hydrogen) atoms. The van der Waals surface area contributed by atoms with Gasteiger partial charge in [0.2, 0.25) is 0 Å². The number of hydrogen-bond donors (Lipinski definition) is 1. The number of carbonyl (C=O) groups excluding carboxylic acids is 1. The van der Waals surface area contributed by atoms with Crippen LogP contribution in [-0.4, -0.2) is 42.9 Å². The molecule has 0 amide bonds. The fourth-order valence-corrected chi connectivity index (χ4v) is 2.67. The molecule has 1 N–H and O–H groups in total. The molecule has 0 aromatic carbocycles. The summed E-state index contributed by atoms with van der Waals surface area (Å²) in [5.41, 5.74) is 0. The van der Waals surface area contributed by atoms with Crippen LogP contribution in [-0.2, 0) is 4.79 Å². The molecular weight excluding hydrogens is 176 g/mol. The molecule has 2 aliphatic rings. The first-order valence-corrected chi connectivity index (χ1v) is 5.83. The third-order valence-electron chi connectivity index (χ3n) is 3.49. The highest BCUT2D eigenvalue weighted by molar-refractivity contribution is 5.58. The van der Waals surface area contributed by atoms with E-state index >= 15 is 0 Å². The van der Waals surface area contributed by atoms with Gasteiger partial charge in [-0.3, -0.25) is 4.90 Å². The minimum Gasteiger partial charge on any atom is -0.305 e. The van der Waals surface area contributed by atoms with Crippen LogP contribution in [0.3, 0.4) is 0 Å². The predicted molar refractivity (Wildman–Crippen MR) is 56.3 cm³/mol. The lowest BCUT2D eigenvalue weighted by molar-refractivity contribution is -0.110. The molecule has 3 heteroatoms. The molecule has 1 saturated heterocycles. The van der Waals surface area contributed by atoms with Gasteiger partial charge in [-0.05, 0) is 12.8 Å². The van der Waals surface area contributed by atoms with Crippen LogP contribution in [0.5, 0.6) is 0 Å². The molecule has 1 unspecified atom stereocenters. The first-order valence-electron chi connectivity index (χ1n) is 5.83. The van der Waals surface area contributed by atoms with Gasteiger partial charge < -0.3 is 10.1 Å². The van der Waals surface area contributed by atoms with E-state index in [0.29, 0.717) is 0 Å². The van der Waals surface area contributed by atoms with E-state index in [1.54, 1.807) is 0 Å². The number of piperazine rings is 1. The average molecular weight is 196 g/mol. The number of nitrogens with zero attached hydrogens (tertiary/aromatic N) is 1. The summed E-state index contributed by atoms with van der Waals surface area (Å²) in [5.74, 6) is 0. The Morgan fingerprint density at radius 3 is 2.71 bits per heavy atom. The van der Waals surface area contributed by atoms with Crippen molar-refractivity contribution in [3.05, 3.63) is 0 Å². The highest BCUT2D eigenvalue weighted by Gasteiger charge is 2.25.